The fraction of sp³-hybridized carbons (Fsp3) is 0.600. The lowest BCUT2D eigenvalue weighted by Gasteiger charge is -2.30. The summed E-state index contributed by atoms with van der Waals surface area (Å²) in [6.07, 6.45) is -4.47. The number of hydrogen-bond donors (Lipinski definition) is 0. The predicted molar refractivity (Wildman–Crippen MR) is 87.1 cm³/mol. The smallest absolute Gasteiger partial charge is 0.166 e. The Hall–Kier alpha value is 0.0200. The van der Waals surface area contributed by atoms with Crippen molar-refractivity contribution in [3.63, 3.8) is 0 Å². The van der Waals surface area contributed by atoms with Gasteiger partial charge in [0, 0.05) is 5.30 Å². The van der Waals surface area contributed by atoms with Crippen molar-refractivity contribution in [3.05, 3.63) is 28.8 Å². The number of rotatable bonds is 1. The minimum absolute atomic E-state index is 0.0290. The van der Waals surface area contributed by atoms with Crippen LogP contribution in [0.2, 0.25) is 0 Å². The van der Waals surface area contributed by atoms with Gasteiger partial charge >= 0.3 is 6.18 Å². The van der Waals surface area contributed by atoms with Crippen LogP contribution in [0.3, 0.4) is 0 Å². The second-order valence-electron chi connectivity index (χ2n) is 7.15. The van der Waals surface area contributed by atoms with Gasteiger partial charge in [0.1, 0.15) is 6.63 Å². The van der Waals surface area contributed by atoms with Crippen molar-refractivity contribution in [2.75, 3.05) is 0 Å². The molecule has 1 rings (SSSR count). The summed E-state index contributed by atoms with van der Waals surface area (Å²) in [4.78, 5) is 0. The lowest BCUT2D eigenvalue weighted by Crippen LogP contribution is -2.29. The fourth-order valence-electron chi connectivity index (χ4n) is 2.04. The minimum atomic E-state index is -4.47. The molecule has 1 aromatic carbocycles. The first-order chi connectivity index (χ1) is 9.15. The van der Waals surface area contributed by atoms with Gasteiger partial charge in [0.25, 0.3) is 0 Å². The molecular formula is C15H20Cl2F3P. The Labute approximate surface area is 135 Å². The Morgan fingerprint density at radius 2 is 1.24 bits per heavy atom. The van der Waals surface area contributed by atoms with Gasteiger partial charge in [-0.05, 0) is 28.0 Å². The standard InChI is InChI=1S/C15H20Cl2F3P/c1-13(2,3)9-7-10(14(4,5)6)12(21(16)17)11(8-9)15(18,19)20/h7-8H,1-6H3. The molecule has 0 aliphatic heterocycles. The summed E-state index contributed by atoms with van der Waals surface area (Å²) >= 11 is 11.8. The molecule has 0 heterocycles. The van der Waals surface area contributed by atoms with Crippen molar-refractivity contribution >= 4 is 34.4 Å². The number of halogens is 5. The van der Waals surface area contributed by atoms with Gasteiger partial charge in [-0.25, -0.2) is 0 Å². The van der Waals surface area contributed by atoms with Crippen molar-refractivity contribution < 1.29 is 13.2 Å². The fourth-order valence-corrected chi connectivity index (χ4v) is 4.09. The highest BCUT2D eigenvalue weighted by Crippen LogP contribution is 2.51. The SMILES string of the molecule is CC(C)(C)c1cc(C(C)(C)C)c(P(Cl)Cl)c(C(F)(F)F)c1. The number of alkyl halides is 3. The predicted octanol–water partition coefficient (Wildman–Crippen LogP) is 6.72. The van der Waals surface area contributed by atoms with Crippen molar-refractivity contribution in [1.29, 1.82) is 0 Å². The van der Waals surface area contributed by atoms with E-state index in [9.17, 15) is 13.2 Å². The lowest BCUT2D eigenvalue weighted by atomic mass is 9.79. The quantitative estimate of drug-likeness (QED) is 0.489. The highest BCUT2D eigenvalue weighted by molar-refractivity contribution is 8.09. The van der Waals surface area contributed by atoms with Gasteiger partial charge in [-0.1, -0.05) is 70.1 Å². The first kappa shape index (κ1) is 19.1. The molecule has 0 aromatic heterocycles. The Bertz CT molecular complexity index is 488. The van der Waals surface area contributed by atoms with E-state index < -0.39 is 23.8 Å². The van der Waals surface area contributed by atoms with Gasteiger partial charge in [-0.2, -0.15) is 13.2 Å². The summed E-state index contributed by atoms with van der Waals surface area (Å²) in [5, 5.41) is 0.0290. The van der Waals surface area contributed by atoms with Crippen LogP contribution in [-0.2, 0) is 17.0 Å². The molecule has 0 bridgehead atoms. The van der Waals surface area contributed by atoms with Gasteiger partial charge in [0.2, 0.25) is 0 Å². The van der Waals surface area contributed by atoms with Gasteiger partial charge in [-0.15, -0.1) is 0 Å². The summed E-state index contributed by atoms with van der Waals surface area (Å²) < 4.78 is 40.3. The third kappa shape index (κ3) is 4.50. The molecule has 21 heavy (non-hydrogen) atoms. The zero-order valence-corrected chi connectivity index (χ0v) is 15.4. The molecule has 0 saturated heterocycles. The van der Waals surface area contributed by atoms with Crippen molar-refractivity contribution in [2.45, 2.75) is 58.5 Å². The minimum Gasteiger partial charge on any atom is -0.166 e. The molecule has 0 amide bonds. The Morgan fingerprint density at radius 3 is 1.52 bits per heavy atom. The molecule has 0 radical (unpaired) electrons. The second-order valence-corrected chi connectivity index (χ2v) is 10.6. The Kier molecular flexibility index (Phi) is 5.36. The van der Waals surface area contributed by atoms with Crippen molar-refractivity contribution in [2.24, 2.45) is 0 Å². The number of benzene rings is 1. The van der Waals surface area contributed by atoms with Crippen LogP contribution in [0.1, 0.15) is 58.2 Å². The van der Waals surface area contributed by atoms with E-state index in [0.29, 0.717) is 11.1 Å². The van der Waals surface area contributed by atoms with Gasteiger partial charge in [-0.3, -0.25) is 0 Å². The summed E-state index contributed by atoms with van der Waals surface area (Å²) in [5.74, 6) is 0. The van der Waals surface area contributed by atoms with E-state index in [2.05, 4.69) is 0 Å². The zero-order chi connectivity index (χ0) is 16.8. The first-order valence-electron chi connectivity index (χ1n) is 6.53. The van der Waals surface area contributed by atoms with Gasteiger partial charge < -0.3 is 0 Å². The molecule has 0 saturated carbocycles. The highest BCUT2D eigenvalue weighted by atomic mass is 35.9. The molecule has 1 aromatic rings. The van der Waals surface area contributed by atoms with Crippen molar-refractivity contribution in [3.8, 4) is 0 Å². The maximum atomic E-state index is 13.4. The van der Waals surface area contributed by atoms with Crippen LogP contribution in [0, 0.1) is 0 Å². The number of hydrogen-bond acceptors (Lipinski definition) is 0. The molecule has 0 unspecified atom stereocenters. The van der Waals surface area contributed by atoms with Crippen LogP contribution < -0.4 is 5.30 Å². The van der Waals surface area contributed by atoms with Gasteiger partial charge in [0.05, 0.1) is 5.56 Å². The lowest BCUT2D eigenvalue weighted by molar-refractivity contribution is -0.136. The highest BCUT2D eigenvalue weighted by Gasteiger charge is 2.39. The summed E-state index contributed by atoms with van der Waals surface area (Å²) in [6, 6.07) is 3.00. The second kappa shape index (κ2) is 5.91. The van der Waals surface area contributed by atoms with Crippen LogP contribution in [0.25, 0.3) is 0 Å². The zero-order valence-electron chi connectivity index (χ0n) is 13.0. The maximum absolute atomic E-state index is 13.4. The third-order valence-corrected chi connectivity index (χ3v) is 5.09. The molecule has 0 spiro atoms. The molecular weight excluding hydrogens is 339 g/mol. The van der Waals surface area contributed by atoms with E-state index in [1.54, 1.807) is 0 Å². The van der Waals surface area contributed by atoms with E-state index in [1.165, 1.54) is 6.07 Å². The summed E-state index contributed by atoms with van der Waals surface area (Å²) in [5.41, 5.74) is -0.371. The summed E-state index contributed by atoms with van der Waals surface area (Å²) in [6.45, 7) is 9.37. The molecule has 0 aliphatic carbocycles. The molecule has 0 aliphatic rings. The van der Waals surface area contributed by atoms with Crippen LogP contribution in [0.5, 0.6) is 0 Å². The van der Waals surface area contributed by atoms with Crippen molar-refractivity contribution in [1.82, 2.24) is 0 Å². The van der Waals surface area contributed by atoms with Crippen LogP contribution in [0.15, 0.2) is 12.1 Å². The first-order valence-corrected chi connectivity index (χ1v) is 9.69. The summed E-state index contributed by atoms with van der Waals surface area (Å²) in [7, 11) is 0. The molecule has 0 atom stereocenters. The maximum Gasteiger partial charge on any atom is 0.417 e. The normalized spacial score (nSPS) is 13.9. The average molecular weight is 359 g/mol. The molecule has 120 valence electrons. The average Bonchev–Trinajstić information content (AvgIpc) is 2.23. The molecule has 0 N–H and O–H groups in total. The topological polar surface area (TPSA) is 0 Å². The van der Waals surface area contributed by atoms with E-state index in [1.807, 2.05) is 47.6 Å². The van der Waals surface area contributed by atoms with Crippen LogP contribution in [-0.4, -0.2) is 0 Å². The van der Waals surface area contributed by atoms with E-state index in [-0.39, 0.29) is 10.7 Å². The van der Waals surface area contributed by atoms with E-state index in [0.717, 1.165) is 0 Å². The largest absolute Gasteiger partial charge is 0.417 e. The van der Waals surface area contributed by atoms with Crippen LogP contribution in [0.4, 0.5) is 13.2 Å². The van der Waals surface area contributed by atoms with E-state index >= 15 is 0 Å². The Morgan fingerprint density at radius 1 is 0.810 bits per heavy atom. The van der Waals surface area contributed by atoms with Gasteiger partial charge in [0.15, 0.2) is 0 Å². The van der Waals surface area contributed by atoms with Crippen LogP contribution >= 0.6 is 29.1 Å². The molecule has 0 fully saturated rings. The molecule has 6 heteroatoms. The molecule has 0 nitrogen and oxygen atoms in total. The van der Waals surface area contributed by atoms with E-state index in [4.69, 9.17) is 22.5 Å². The monoisotopic (exact) mass is 358 g/mol. The Balaban J connectivity index is 3.85. The third-order valence-electron chi connectivity index (χ3n) is 3.26.